The highest BCUT2D eigenvalue weighted by atomic mass is 16.5. The molecule has 0 saturated carbocycles. The van der Waals surface area contributed by atoms with Crippen LogP contribution < -0.4 is 0 Å². The number of ether oxygens (including phenoxy) is 1. The highest BCUT2D eigenvalue weighted by molar-refractivity contribution is 5.86. The number of hydrogen-bond donors (Lipinski definition) is 0. The zero-order chi connectivity index (χ0) is 10.6. The van der Waals surface area contributed by atoms with Crippen molar-refractivity contribution in [1.82, 2.24) is 4.90 Å². The van der Waals surface area contributed by atoms with Crippen molar-refractivity contribution in [3.05, 3.63) is 36.6 Å². The van der Waals surface area contributed by atoms with Gasteiger partial charge in [0.05, 0.1) is 13.0 Å². The molecule has 0 unspecified atom stereocenters. The van der Waals surface area contributed by atoms with Crippen molar-refractivity contribution >= 4 is 5.91 Å². The first-order valence-electron chi connectivity index (χ1n) is 4.52. The van der Waals surface area contributed by atoms with Crippen LogP contribution in [0.4, 0.5) is 0 Å². The summed E-state index contributed by atoms with van der Waals surface area (Å²) in [7, 11) is 1.62. The Kier molecular flexibility index (Phi) is 3.65. The Labute approximate surface area is 84.3 Å². The molecule has 0 aliphatic carbocycles. The van der Waals surface area contributed by atoms with E-state index in [9.17, 15) is 4.79 Å². The molecule has 0 aromatic carbocycles. The number of amides is 1. The van der Waals surface area contributed by atoms with Crippen molar-refractivity contribution in [2.75, 3.05) is 20.3 Å². The number of nitrogens with zero attached hydrogens (tertiary/aromatic N) is 1. The molecule has 3 nitrogen and oxygen atoms in total. The van der Waals surface area contributed by atoms with Gasteiger partial charge in [-0.1, -0.05) is 19.2 Å². The summed E-state index contributed by atoms with van der Waals surface area (Å²) in [5.74, 6) is 0.0897. The van der Waals surface area contributed by atoms with Crippen LogP contribution >= 0.6 is 0 Å². The van der Waals surface area contributed by atoms with E-state index in [0.29, 0.717) is 19.6 Å². The molecule has 0 aromatic heterocycles. The lowest BCUT2D eigenvalue weighted by atomic mass is 10.2. The van der Waals surface area contributed by atoms with E-state index < -0.39 is 0 Å². The second kappa shape index (κ2) is 4.77. The van der Waals surface area contributed by atoms with Crippen molar-refractivity contribution in [1.29, 1.82) is 0 Å². The topological polar surface area (TPSA) is 29.5 Å². The molecule has 0 aromatic rings. The fourth-order valence-electron chi connectivity index (χ4n) is 1.50. The minimum atomic E-state index is 0.0897. The fraction of sp³-hybridized carbons (Fsp3) is 0.364. The van der Waals surface area contributed by atoms with E-state index in [-0.39, 0.29) is 5.91 Å². The lowest BCUT2D eigenvalue weighted by Gasteiger charge is -2.17. The molecule has 1 aliphatic heterocycles. The standard InChI is InChI=1S/C11H15NO2/c1-4-9-8-11(13)12(6-7-14-3)10(9)5-2/h4-5H,1-2,6-8H2,3H3. The Morgan fingerprint density at radius 1 is 1.50 bits per heavy atom. The summed E-state index contributed by atoms with van der Waals surface area (Å²) in [4.78, 5) is 13.2. The number of carbonyl (C=O) groups excluding carboxylic acids is 1. The Morgan fingerprint density at radius 2 is 2.21 bits per heavy atom. The first-order chi connectivity index (χ1) is 6.74. The second-order valence-corrected chi connectivity index (χ2v) is 3.03. The number of rotatable bonds is 5. The van der Waals surface area contributed by atoms with Gasteiger partial charge in [-0.3, -0.25) is 4.79 Å². The van der Waals surface area contributed by atoms with Crippen LogP contribution in [0.2, 0.25) is 0 Å². The van der Waals surface area contributed by atoms with Gasteiger partial charge in [0.1, 0.15) is 0 Å². The summed E-state index contributed by atoms with van der Waals surface area (Å²) in [6.45, 7) is 8.48. The van der Waals surface area contributed by atoms with E-state index >= 15 is 0 Å². The van der Waals surface area contributed by atoms with E-state index in [1.165, 1.54) is 0 Å². The lowest BCUT2D eigenvalue weighted by Crippen LogP contribution is -2.28. The van der Waals surface area contributed by atoms with Crippen molar-refractivity contribution in [3.63, 3.8) is 0 Å². The van der Waals surface area contributed by atoms with Gasteiger partial charge in [-0.2, -0.15) is 0 Å². The van der Waals surface area contributed by atoms with Gasteiger partial charge in [-0.05, 0) is 11.6 Å². The van der Waals surface area contributed by atoms with Crippen LogP contribution in [-0.4, -0.2) is 31.1 Å². The van der Waals surface area contributed by atoms with Crippen molar-refractivity contribution in [3.8, 4) is 0 Å². The highest BCUT2D eigenvalue weighted by Crippen LogP contribution is 2.25. The SMILES string of the molecule is C=CC1=C(C=C)N(CCOC)C(=O)C1. The van der Waals surface area contributed by atoms with E-state index in [2.05, 4.69) is 13.2 Å². The van der Waals surface area contributed by atoms with Crippen LogP contribution in [0.1, 0.15) is 6.42 Å². The van der Waals surface area contributed by atoms with Gasteiger partial charge < -0.3 is 9.64 Å². The largest absolute Gasteiger partial charge is 0.383 e. The van der Waals surface area contributed by atoms with Crippen LogP contribution in [0.5, 0.6) is 0 Å². The maximum atomic E-state index is 11.6. The Bertz CT molecular complexity index is 292. The van der Waals surface area contributed by atoms with Gasteiger partial charge in [-0.25, -0.2) is 0 Å². The lowest BCUT2D eigenvalue weighted by molar-refractivity contribution is -0.127. The number of methoxy groups -OCH3 is 1. The molecule has 1 heterocycles. The zero-order valence-corrected chi connectivity index (χ0v) is 8.45. The van der Waals surface area contributed by atoms with Crippen molar-refractivity contribution < 1.29 is 9.53 Å². The predicted octanol–water partition coefficient (Wildman–Crippen LogP) is 1.49. The van der Waals surface area contributed by atoms with Crippen molar-refractivity contribution in [2.24, 2.45) is 0 Å². The van der Waals surface area contributed by atoms with E-state index in [1.54, 1.807) is 24.2 Å². The number of allylic oxidation sites excluding steroid dienone is 2. The smallest absolute Gasteiger partial charge is 0.231 e. The van der Waals surface area contributed by atoms with Crippen LogP contribution in [0.25, 0.3) is 0 Å². The Balaban J connectivity index is 2.81. The minimum absolute atomic E-state index is 0.0897. The summed E-state index contributed by atoms with van der Waals surface area (Å²) in [5, 5.41) is 0. The normalized spacial score (nSPS) is 16.4. The fourth-order valence-corrected chi connectivity index (χ4v) is 1.50. The third-order valence-electron chi connectivity index (χ3n) is 2.22. The highest BCUT2D eigenvalue weighted by Gasteiger charge is 2.25. The second-order valence-electron chi connectivity index (χ2n) is 3.03. The summed E-state index contributed by atoms with van der Waals surface area (Å²) < 4.78 is 4.94. The first kappa shape index (κ1) is 10.7. The van der Waals surface area contributed by atoms with Gasteiger partial charge in [0.15, 0.2) is 0 Å². The Hall–Kier alpha value is -1.35. The molecule has 1 aliphatic rings. The predicted molar refractivity (Wildman–Crippen MR) is 55.6 cm³/mol. The quantitative estimate of drug-likeness (QED) is 0.662. The van der Waals surface area contributed by atoms with E-state index in [0.717, 1.165) is 11.3 Å². The monoisotopic (exact) mass is 193 g/mol. The third kappa shape index (κ3) is 1.93. The zero-order valence-electron chi connectivity index (χ0n) is 8.45. The van der Waals surface area contributed by atoms with Crippen LogP contribution in [-0.2, 0) is 9.53 Å². The number of carbonyl (C=O) groups is 1. The molecular formula is C11H15NO2. The average molecular weight is 193 g/mol. The van der Waals surface area contributed by atoms with Crippen molar-refractivity contribution in [2.45, 2.75) is 6.42 Å². The first-order valence-corrected chi connectivity index (χ1v) is 4.52. The molecule has 0 N–H and O–H groups in total. The van der Waals surface area contributed by atoms with Gasteiger partial charge >= 0.3 is 0 Å². The van der Waals surface area contributed by atoms with E-state index in [1.807, 2.05) is 0 Å². The molecule has 0 radical (unpaired) electrons. The third-order valence-corrected chi connectivity index (χ3v) is 2.22. The summed E-state index contributed by atoms with van der Waals surface area (Å²) >= 11 is 0. The molecule has 14 heavy (non-hydrogen) atoms. The van der Waals surface area contributed by atoms with Gasteiger partial charge in [-0.15, -0.1) is 0 Å². The maximum Gasteiger partial charge on any atom is 0.231 e. The molecule has 0 saturated heterocycles. The summed E-state index contributed by atoms with van der Waals surface area (Å²) in [5.41, 5.74) is 1.81. The molecule has 1 rings (SSSR count). The molecule has 0 fully saturated rings. The maximum absolute atomic E-state index is 11.6. The van der Waals surface area contributed by atoms with Gasteiger partial charge in [0.2, 0.25) is 5.91 Å². The van der Waals surface area contributed by atoms with Gasteiger partial charge in [0.25, 0.3) is 0 Å². The Morgan fingerprint density at radius 3 is 2.71 bits per heavy atom. The molecule has 1 amide bonds. The molecule has 0 atom stereocenters. The molecule has 0 bridgehead atoms. The van der Waals surface area contributed by atoms with Crippen LogP contribution in [0, 0.1) is 0 Å². The van der Waals surface area contributed by atoms with Gasteiger partial charge in [0, 0.05) is 19.4 Å². The average Bonchev–Trinajstić information content (AvgIpc) is 2.51. The molecule has 0 spiro atoms. The minimum Gasteiger partial charge on any atom is -0.383 e. The summed E-state index contributed by atoms with van der Waals surface area (Å²) in [6.07, 6.45) is 3.83. The summed E-state index contributed by atoms with van der Waals surface area (Å²) in [6, 6.07) is 0. The number of hydrogen-bond acceptors (Lipinski definition) is 2. The van der Waals surface area contributed by atoms with E-state index in [4.69, 9.17) is 4.74 Å². The molecule has 3 heteroatoms. The molecule has 76 valence electrons. The van der Waals surface area contributed by atoms with Crippen LogP contribution in [0.15, 0.2) is 36.6 Å². The van der Waals surface area contributed by atoms with Crippen LogP contribution in [0.3, 0.4) is 0 Å². The molecular weight excluding hydrogens is 178 g/mol.